The molecule has 0 amide bonds. The van der Waals surface area contributed by atoms with Crippen LogP contribution in [0.3, 0.4) is 0 Å². The van der Waals surface area contributed by atoms with Gasteiger partial charge in [0.15, 0.2) is 0 Å². The van der Waals surface area contributed by atoms with Crippen molar-refractivity contribution < 1.29 is 16.8 Å². The van der Waals surface area contributed by atoms with Crippen LogP contribution in [0.15, 0.2) is 12.0 Å². The lowest BCUT2D eigenvalue weighted by atomic mass is 10.2. The van der Waals surface area contributed by atoms with Crippen molar-refractivity contribution in [2.24, 2.45) is 10.3 Å². The predicted octanol–water partition coefficient (Wildman–Crippen LogP) is -1.62. The maximum absolute atomic E-state index is 10.4. The van der Waals surface area contributed by atoms with Crippen molar-refractivity contribution in [3.8, 4) is 0 Å². The Balaban J connectivity index is 0.000000305. The fraction of sp³-hybridized carbons (Fsp3) is 0.800. The Morgan fingerprint density at radius 3 is 1.65 bits per heavy atom. The quantitative estimate of drug-likeness (QED) is 0.567. The van der Waals surface area contributed by atoms with Crippen LogP contribution in [-0.2, 0) is 20.0 Å². The first-order chi connectivity index (χ1) is 9.14. The maximum atomic E-state index is 10.4. The number of hydrogen-bond donors (Lipinski definition) is 3. The molecule has 0 atom stereocenters. The summed E-state index contributed by atoms with van der Waals surface area (Å²) in [6, 6.07) is 0. The molecular weight excluding hydrogens is 304 g/mol. The van der Waals surface area contributed by atoms with Gasteiger partial charge in [0.2, 0.25) is 20.0 Å². The number of sulfonamides is 2. The number of nitrogens with zero attached hydrogens (tertiary/aromatic N) is 1. The Hall–Kier alpha value is -0.520. The van der Waals surface area contributed by atoms with Crippen LogP contribution in [0.5, 0.6) is 0 Å². The molecule has 10 heteroatoms. The molecule has 0 aliphatic carbocycles. The average Bonchev–Trinajstić information content (AvgIpc) is 2.10. The van der Waals surface area contributed by atoms with E-state index in [2.05, 4.69) is 21.9 Å². The lowest BCUT2D eigenvalue weighted by molar-refractivity contribution is 0.193. The number of rotatable bonds is 4. The van der Waals surface area contributed by atoms with Crippen molar-refractivity contribution in [1.82, 2.24) is 10.2 Å². The second-order valence-corrected chi connectivity index (χ2v) is 7.67. The third-order valence-corrected chi connectivity index (χ3v) is 3.80. The highest BCUT2D eigenvalue weighted by molar-refractivity contribution is 7.92. The van der Waals surface area contributed by atoms with Crippen molar-refractivity contribution in [1.29, 1.82) is 0 Å². The second kappa shape index (κ2) is 9.42. The Morgan fingerprint density at radius 1 is 1.10 bits per heavy atom. The average molecular weight is 328 g/mol. The molecule has 0 bridgehead atoms. The zero-order chi connectivity index (χ0) is 15.6. The normalized spacial score (nSPS) is 18.3. The van der Waals surface area contributed by atoms with Crippen LogP contribution in [0.1, 0.15) is 12.8 Å². The van der Waals surface area contributed by atoms with Gasteiger partial charge in [0.05, 0.1) is 5.75 Å². The third-order valence-electron chi connectivity index (χ3n) is 2.58. The molecule has 0 aromatic heterocycles. The van der Waals surface area contributed by atoms with E-state index in [0.717, 1.165) is 13.1 Å². The highest BCUT2D eigenvalue weighted by Gasteiger charge is 2.15. The number of hydrogen-bond acceptors (Lipinski definition) is 6. The van der Waals surface area contributed by atoms with Gasteiger partial charge in [0.1, 0.15) is 0 Å². The van der Waals surface area contributed by atoms with E-state index in [9.17, 15) is 16.8 Å². The predicted molar refractivity (Wildman–Crippen MR) is 79.8 cm³/mol. The first-order valence-corrected chi connectivity index (χ1v) is 9.55. The minimum absolute atomic E-state index is 0.0903. The van der Waals surface area contributed by atoms with E-state index < -0.39 is 20.0 Å². The van der Waals surface area contributed by atoms with Crippen LogP contribution in [0.4, 0.5) is 0 Å². The topological polar surface area (TPSA) is 136 Å². The van der Waals surface area contributed by atoms with Crippen LogP contribution in [0.2, 0.25) is 0 Å². The van der Waals surface area contributed by atoms with Crippen molar-refractivity contribution in [2.75, 3.05) is 38.5 Å². The smallest absolute Gasteiger partial charge is 0.230 e. The molecule has 2 rings (SSSR count). The second-order valence-electron chi connectivity index (χ2n) is 4.42. The van der Waals surface area contributed by atoms with Crippen LogP contribution >= 0.6 is 0 Å². The molecular formula is C10H24N4O4S2. The lowest BCUT2D eigenvalue weighted by Gasteiger charge is -2.29. The summed E-state index contributed by atoms with van der Waals surface area (Å²) in [6.45, 7) is 8.06. The SMILES string of the molecule is C1CNC1.C=CS(N)(=O)=O.NS(=O)(=O)CCN1CCC1. The number of likely N-dealkylation sites (tertiary alicyclic amines) is 1. The summed E-state index contributed by atoms with van der Waals surface area (Å²) >= 11 is 0. The maximum Gasteiger partial charge on any atom is 0.230 e. The zero-order valence-corrected chi connectivity index (χ0v) is 13.1. The van der Waals surface area contributed by atoms with Gasteiger partial charge in [0.25, 0.3) is 0 Å². The minimum Gasteiger partial charge on any atom is -0.317 e. The first kappa shape index (κ1) is 19.5. The van der Waals surface area contributed by atoms with Gasteiger partial charge in [-0.2, -0.15) is 0 Å². The lowest BCUT2D eigenvalue weighted by Crippen LogP contribution is -2.41. The summed E-state index contributed by atoms with van der Waals surface area (Å²) in [5.74, 6) is 0.0903. The largest absolute Gasteiger partial charge is 0.317 e. The molecule has 5 N–H and O–H groups in total. The fourth-order valence-electron chi connectivity index (χ4n) is 1.04. The molecule has 2 aliphatic rings. The van der Waals surface area contributed by atoms with Crippen LogP contribution in [0.25, 0.3) is 0 Å². The van der Waals surface area contributed by atoms with E-state index in [1.165, 1.54) is 25.9 Å². The summed E-state index contributed by atoms with van der Waals surface area (Å²) in [5.41, 5.74) is 0. The van der Waals surface area contributed by atoms with Crippen molar-refractivity contribution >= 4 is 20.0 Å². The summed E-state index contributed by atoms with van der Waals surface area (Å²) in [6.07, 6.45) is 2.57. The summed E-state index contributed by atoms with van der Waals surface area (Å²) in [7, 11) is -6.64. The molecule has 2 heterocycles. The Labute approximate surface area is 121 Å². The van der Waals surface area contributed by atoms with Gasteiger partial charge in [-0.25, -0.2) is 27.1 Å². The fourth-order valence-corrected chi connectivity index (χ4v) is 1.55. The monoisotopic (exact) mass is 328 g/mol. The van der Waals surface area contributed by atoms with Crippen molar-refractivity contribution in [3.63, 3.8) is 0 Å². The van der Waals surface area contributed by atoms with E-state index in [0.29, 0.717) is 12.0 Å². The molecule has 2 fully saturated rings. The van der Waals surface area contributed by atoms with E-state index in [1.807, 2.05) is 0 Å². The highest BCUT2D eigenvalue weighted by atomic mass is 32.2. The van der Waals surface area contributed by atoms with Gasteiger partial charge in [-0.15, -0.1) is 0 Å². The Kier molecular flexibility index (Phi) is 9.18. The van der Waals surface area contributed by atoms with Gasteiger partial charge in [-0.05, 0) is 39.0 Å². The third kappa shape index (κ3) is 13.9. The molecule has 0 aromatic carbocycles. The molecule has 20 heavy (non-hydrogen) atoms. The van der Waals surface area contributed by atoms with E-state index in [1.54, 1.807) is 0 Å². The molecule has 0 saturated carbocycles. The van der Waals surface area contributed by atoms with Crippen LogP contribution in [-0.4, -0.2) is 60.2 Å². The summed E-state index contributed by atoms with van der Waals surface area (Å²) in [5, 5.41) is 13.0. The standard InChI is InChI=1S/C5H12N2O2S.C3H7N.C2H5NO2S/c6-10(8,9)5-4-7-2-1-3-7;1-2-4-3-1;1-2-6(3,4)5/h1-5H2,(H2,6,8,9);4H,1-3H2;2H,1H2,(H2,3,4,5). The highest BCUT2D eigenvalue weighted by Crippen LogP contribution is 2.04. The molecule has 0 radical (unpaired) electrons. The van der Waals surface area contributed by atoms with Gasteiger partial charge < -0.3 is 10.2 Å². The number of primary sulfonamides is 2. The number of nitrogens with two attached hydrogens (primary N) is 2. The Morgan fingerprint density at radius 2 is 1.50 bits per heavy atom. The van der Waals surface area contributed by atoms with Crippen LogP contribution < -0.4 is 15.6 Å². The molecule has 120 valence electrons. The molecule has 2 aliphatic heterocycles. The minimum atomic E-state index is -3.40. The van der Waals surface area contributed by atoms with Crippen molar-refractivity contribution in [3.05, 3.63) is 12.0 Å². The van der Waals surface area contributed by atoms with Gasteiger partial charge >= 0.3 is 0 Å². The van der Waals surface area contributed by atoms with Gasteiger partial charge in [0, 0.05) is 12.0 Å². The molecule has 0 unspecified atom stereocenters. The van der Waals surface area contributed by atoms with Gasteiger partial charge in [-0.1, -0.05) is 6.58 Å². The number of nitrogens with one attached hydrogen (secondary N) is 1. The van der Waals surface area contributed by atoms with E-state index >= 15 is 0 Å². The van der Waals surface area contributed by atoms with Gasteiger partial charge in [-0.3, -0.25) is 0 Å². The molecule has 2 saturated heterocycles. The zero-order valence-electron chi connectivity index (χ0n) is 11.5. The summed E-state index contributed by atoms with van der Waals surface area (Å²) in [4.78, 5) is 2.07. The first-order valence-electron chi connectivity index (χ1n) is 6.23. The molecule has 0 spiro atoms. The van der Waals surface area contributed by atoms with Crippen LogP contribution in [0, 0.1) is 0 Å². The Bertz CT molecular complexity index is 452. The molecule has 0 aromatic rings. The summed E-state index contributed by atoms with van der Waals surface area (Å²) < 4.78 is 40.2. The van der Waals surface area contributed by atoms with E-state index in [-0.39, 0.29) is 5.75 Å². The van der Waals surface area contributed by atoms with Crippen molar-refractivity contribution in [2.45, 2.75) is 12.8 Å². The van der Waals surface area contributed by atoms with E-state index in [4.69, 9.17) is 5.14 Å². The molecule has 8 nitrogen and oxygen atoms in total.